The lowest BCUT2D eigenvalue weighted by Crippen LogP contribution is -2.37. The van der Waals surface area contributed by atoms with Gasteiger partial charge in [0.2, 0.25) is 5.91 Å². The maximum Gasteiger partial charge on any atom is 0.231 e. The summed E-state index contributed by atoms with van der Waals surface area (Å²) in [6.07, 6.45) is 0. The van der Waals surface area contributed by atoms with Crippen LogP contribution in [-0.4, -0.2) is 12.5 Å². The summed E-state index contributed by atoms with van der Waals surface area (Å²) < 4.78 is 0. The molecule has 0 aromatic heterocycles. The molecule has 0 unspecified atom stereocenters. The van der Waals surface area contributed by atoms with Crippen molar-refractivity contribution < 1.29 is 4.79 Å². The lowest BCUT2D eigenvalue weighted by molar-refractivity contribution is -0.123. The van der Waals surface area contributed by atoms with Crippen molar-refractivity contribution in [2.45, 2.75) is 27.7 Å². The van der Waals surface area contributed by atoms with E-state index >= 15 is 0 Å². The van der Waals surface area contributed by atoms with Gasteiger partial charge in [-0.3, -0.25) is 4.79 Å². The van der Waals surface area contributed by atoms with Crippen molar-refractivity contribution in [3.8, 4) is 0 Å². The molecule has 1 rings (SSSR count). The fourth-order valence-corrected chi connectivity index (χ4v) is 1.34. The standard InChI is InChI=1S/C13H20N2O/c1-9-5-6-11(10(2)7-9)15-12(16)13(3,4)8-14/h5-7H,8,14H2,1-4H3,(H,15,16). The van der Waals surface area contributed by atoms with E-state index in [-0.39, 0.29) is 5.91 Å². The summed E-state index contributed by atoms with van der Waals surface area (Å²) in [7, 11) is 0. The van der Waals surface area contributed by atoms with Crippen LogP contribution in [-0.2, 0) is 4.79 Å². The fraction of sp³-hybridized carbons (Fsp3) is 0.462. The fourth-order valence-electron chi connectivity index (χ4n) is 1.34. The molecule has 0 radical (unpaired) electrons. The number of nitrogens with one attached hydrogen (secondary N) is 1. The monoisotopic (exact) mass is 220 g/mol. The Hall–Kier alpha value is -1.35. The summed E-state index contributed by atoms with van der Waals surface area (Å²) in [5, 5.41) is 2.91. The lowest BCUT2D eigenvalue weighted by Gasteiger charge is -2.22. The van der Waals surface area contributed by atoms with Gasteiger partial charge >= 0.3 is 0 Å². The number of anilines is 1. The molecule has 1 aromatic carbocycles. The zero-order chi connectivity index (χ0) is 12.3. The highest BCUT2D eigenvalue weighted by Crippen LogP contribution is 2.20. The van der Waals surface area contributed by atoms with Crippen molar-refractivity contribution in [1.29, 1.82) is 0 Å². The van der Waals surface area contributed by atoms with Crippen molar-refractivity contribution in [2.75, 3.05) is 11.9 Å². The Morgan fingerprint density at radius 3 is 2.50 bits per heavy atom. The molecule has 0 bridgehead atoms. The molecule has 0 heterocycles. The molecule has 0 fully saturated rings. The van der Waals surface area contributed by atoms with Gasteiger partial charge in [-0.1, -0.05) is 17.7 Å². The van der Waals surface area contributed by atoms with Gasteiger partial charge in [-0.15, -0.1) is 0 Å². The summed E-state index contributed by atoms with van der Waals surface area (Å²) in [4.78, 5) is 11.9. The van der Waals surface area contributed by atoms with Gasteiger partial charge in [-0.05, 0) is 39.3 Å². The van der Waals surface area contributed by atoms with Gasteiger partial charge in [0.15, 0.2) is 0 Å². The lowest BCUT2D eigenvalue weighted by atomic mass is 9.92. The highest BCUT2D eigenvalue weighted by atomic mass is 16.2. The van der Waals surface area contributed by atoms with Gasteiger partial charge in [0.25, 0.3) is 0 Å². The molecule has 0 saturated carbocycles. The second-order valence-electron chi connectivity index (χ2n) is 4.86. The van der Waals surface area contributed by atoms with Gasteiger partial charge in [0.1, 0.15) is 0 Å². The molecule has 0 saturated heterocycles. The van der Waals surface area contributed by atoms with Crippen molar-refractivity contribution in [3.63, 3.8) is 0 Å². The summed E-state index contributed by atoms with van der Waals surface area (Å²) in [6.45, 7) is 8.03. The molecule has 3 N–H and O–H groups in total. The molecule has 88 valence electrons. The molecule has 16 heavy (non-hydrogen) atoms. The molecule has 0 aliphatic heterocycles. The number of hydrogen-bond acceptors (Lipinski definition) is 2. The summed E-state index contributed by atoms with van der Waals surface area (Å²) in [5.41, 5.74) is 8.15. The number of nitrogens with two attached hydrogens (primary N) is 1. The Morgan fingerprint density at radius 1 is 1.38 bits per heavy atom. The van der Waals surface area contributed by atoms with Crippen LogP contribution in [0.2, 0.25) is 0 Å². The van der Waals surface area contributed by atoms with Gasteiger partial charge in [0.05, 0.1) is 5.41 Å². The molecule has 1 aromatic rings. The van der Waals surface area contributed by atoms with Crippen LogP contribution < -0.4 is 11.1 Å². The molecule has 0 aliphatic rings. The normalized spacial score (nSPS) is 11.3. The first-order chi connectivity index (χ1) is 7.36. The zero-order valence-corrected chi connectivity index (χ0v) is 10.4. The Kier molecular flexibility index (Phi) is 3.70. The summed E-state index contributed by atoms with van der Waals surface area (Å²) >= 11 is 0. The van der Waals surface area contributed by atoms with Crippen LogP contribution in [0.4, 0.5) is 5.69 Å². The van der Waals surface area contributed by atoms with Crippen LogP contribution in [0.5, 0.6) is 0 Å². The first kappa shape index (κ1) is 12.7. The van der Waals surface area contributed by atoms with Crippen molar-refractivity contribution >= 4 is 11.6 Å². The van der Waals surface area contributed by atoms with Crippen molar-refractivity contribution in [2.24, 2.45) is 11.1 Å². The second kappa shape index (κ2) is 4.66. The van der Waals surface area contributed by atoms with Crippen LogP contribution in [0.25, 0.3) is 0 Å². The average Bonchev–Trinajstić information content (AvgIpc) is 2.22. The van der Waals surface area contributed by atoms with E-state index in [4.69, 9.17) is 5.73 Å². The minimum Gasteiger partial charge on any atom is -0.329 e. The first-order valence-corrected chi connectivity index (χ1v) is 5.45. The molecular formula is C13H20N2O. The van der Waals surface area contributed by atoms with E-state index in [1.54, 1.807) is 0 Å². The van der Waals surface area contributed by atoms with Gasteiger partial charge in [-0.25, -0.2) is 0 Å². The minimum atomic E-state index is -0.530. The van der Waals surface area contributed by atoms with Crippen LogP contribution in [0.3, 0.4) is 0 Å². The van der Waals surface area contributed by atoms with E-state index in [9.17, 15) is 4.79 Å². The molecular weight excluding hydrogens is 200 g/mol. The number of amides is 1. The largest absolute Gasteiger partial charge is 0.329 e. The number of rotatable bonds is 3. The molecule has 0 atom stereocenters. The number of carbonyl (C=O) groups excluding carboxylic acids is 1. The highest BCUT2D eigenvalue weighted by molar-refractivity contribution is 5.95. The molecule has 3 nitrogen and oxygen atoms in total. The van der Waals surface area contributed by atoms with E-state index in [1.807, 2.05) is 45.9 Å². The quantitative estimate of drug-likeness (QED) is 0.820. The maximum absolute atomic E-state index is 11.9. The smallest absolute Gasteiger partial charge is 0.231 e. The predicted octanol–water partition coefficient (Wildman–Crippen LogP) is 2.23. The Morgan fingerprint density at radius 2 is 2.00 bits per heavy atom. The van der Waals surface area contributed by atoms with E-state index in [0.29, 0.717) is 6.54 Å². The Labute approximate surface area is 97.0 Å². The zero-order valence-electron chi connectivity index (χ0n) is 10.4. The van der Waals surface area contributed by atoms with E-state index in [2.05, 4.69) is 5.32 Å². The van der Waals surface area contributed by atoms with Gasteiger partial charge in [0, 0.05) is 12.2 Å². The number of carbonyl (C=O) groups is 1. The Balaban J connectivity index is 2.85. The average molecular weight is 220 g/mol. The molecule has 0 aliphatic carbocycles. The van der Waals surface area contributed by atoms with Crippen LogP contribution in [0.15, 0.2) is 18.2 Å². The van der Waals surface area contributed by atoms with Crippen molar-refractivity contribution in [1.82, 2.24) is 0 Å². The van der Waals surface area contributed by atoms with E-state index < -0.39 is 5.41 Å². The van der Waals surface area contributed by atoms with Crippen LogP contribution in [0, 0.1) is 19.3 Å². The first-order valence-electron chi connectivity index (χ1n) is 5.45. The third kappa shape index (κ3) is 2.83. The maximum atomic E-state index is 11.9. The molecule has 0 spiro atoms. The number of hydrogen-bond donors (Lipinski definition) is 2. The predicted molar refractivity (Wildman–Crippen MR) is 67.4 cm³/mol. The Bertz CT molecular complexity index is 397. The number of aryl methyl sites for hydroxylation is 2. The topological polar surface area (TPSA) is 55.1 Å². The molecule has 1 amide bonds. The van der Waals surface area contributed by atoms with E-state index in [1.165, 1.54) is 5.56 Å². The van der Waals surface area contributed by atoms with Crippen molar-refractivity contribution in [3.05, 3.63) is 29.3 Å². The third-order valence-electron chi connectivity index (χ3n) is 2.76. The van der Waals surface area contributed by atoms with Crippen LogP contribution in [0.1, 0.15) is 25.0 Å². The van der Waals surface area contributed by atoms with E-state index in [0.717, 1.165) is 11.3 Å². The van der Waals surface area contributed by atoms with Gasteiger partial charge < -0.3 is 11.1 Å². The van der Waals surface area contributed by atoms with Gasteiger partial charge in [-0.2, -0.15) is 0 Å². The number of benzene rings is 1. The summed E-state index contributed by atoms with van der Waals surface area (Å²) in [6, 6.07) is 5.96. The molecule has 3 heteroatoms. The summed E-state index contributed by atoms with van der Waals surface area (Å²) in [5.74, 6) is -0.0399. The minimum absolute atomic E-state index is 0.0399. The highest BCUT2D eigenvalue weighted by Gasteiger charge is 2.25. The van der Waals surface area contributed by atoms with Crippen LogP contribution >= 0.6 is 0 Å². The SMILES string of the molecule is Cc1ccc(NC(=O)C(C)(C)CN)c(C)c1. The third-order valence-corrected chi connectivity index (χ3v) is 2.76. The second-order valence-corrected chi connectivity index (χ2v) is 4.86.